The van der Waals surface area contributed by atoms with Crippen LogP contribution >= 0.6 is 0 Å². The Balaban J connectivity index is 1.74. The van der Waals surface area contributed by atoms with Gasteiger partial charge in [-0.15, -0.1) is 0 Å². The second kappa shape index (κ2) is 6.20. The van der Waals surface area contributed by atoms with E-state index in [4.69, 9.17) is 4.74 Å². The van der Waals surface area contributed by atoms with Gasteiger partial charge < -0.3 is 20.3 Å². The molecule has 1 aromatic heterocycles. The van der Waals surface area contributed by atoms with Crippen molar-refractivity contribution in [2.24, 2.45) is 0 Å². The molecule has 2 amide bonds. The van der Waals surface area contributed by atoms with Gasteiger partial charge in [0, 0.05) is 19.6 Å². The minimum Gasteiger partial charge on any atom is -0.490 e. The SMILES string of the molecule is CNCc1ccc(OCCN2CCNC2=O)cn1. The van der Waals surface area contributed by atoms with Gasteiger partial charge in [0.1, 0.15) is 12.4 Å². The fourth-order valence-electron chi connectivity index (χ4n) is 1.78. The molecule has 0 radical (unpaired) electrons. The molecule has 0 aliphatic carbocycles. The van der Waals surface area contributed by atoms with Gasteiger partial charge in [0.15, 0.2) is 0 Å². The van der Waals surface area contributed by atoms with Crippen molar-refractivity contribution in [3.8, 4) is 5.75 Å². The second-order valence-corrected chi connectivity index (χ2v) is 4.08. The lowest BCUT2D eigenvalue weighted by Gasteiger charge is -2.14. The molecule has 0 unspecified atom stereocenters. The normalized spacial score (nSPS) is 14.7. The molecule has 0 saturated carbocycles. The molecular formula is C12H18N4O2. The average Bonchev–Trinajstić information content (AvgIpc) is 2.78. The summed E-state index contributed by atoms with van der Waals surface area (Å²) in [7, 11) is 1.88. The molecule has 0 bridgehead atoms. The fraction of sp³-hybridized carbons (Fsp3) is 0.500. The second-order valence-electron chi connectivity index (χ2n) is 4.08. The van der Waals surface area contributed by atoms with E-state index in [1.807, 2.05) is 19.2 Å². The van der Waals surface area contributed by atoms with Crippen molar-refractivity contribution in [2.75, 3.05) is 33.3 Å². The predicted octanol–water partition coefficient (Wildman–Crippen LogP) is 0.205. The topological polar surface area (TPSA) is 66.5 Å². The van der Waals surface area contributed by atoms with E-state index in [1.54, 1.807) is 11.1 Å². The first-order valence-electron chi connectivity index (χ1n) is 6.04. The highest BCUT2D eigenvalue weighted by Gasteiger charge is 2.18. The van der Waals surface area contributed by atoms with Crippen molar-refractivity contribution >= 4 is 6.03 Å². The lowest BCUT2D eigenvalue weighted by atomic mass is 10.3. The van der Waals surface area contributed by atoms with Gasteiger partial charge in [0.05, 0.1) is 18.4 Å². The van der Waals surface area contributed by atoms with E-state index >= 15 is 0 Å². The molecule has 0 spiro atoms. The van der Waals surface area contributed by atoms with Crippen molar-refractivity contribution in [3.05, 3.63) is 24.0 Å². The molecule has 6 heteroatoms. The molecule has 18 heavy (non-hydrogen) atoms. The van der Waals surface area contributed by atoms with Crippen LogP contribution in [0.2, 0.25) is 0 Å². The maximum Gasteiger partial charge on any atom is 0.317 e. The number of nitrogens with one attached hydrogen (secondary N) is 2. The zero-order chi connectivity index (χ0) is 12.8. The fourth-order valence-corrected chi connectivity index (χ4v) is 1.78. The van der Waals surface area contributed by atoms with E-state index in [9.17, 15) is 4.79 Å². The van der Waals surface area contributed by atoms with Crippen molar-refractivity contribution in [1.29, 1.82) is 0 Å². The molecule has 6 nitrogen and oxygen atoms in total. The Hall–Kier alpha value is -1.82. The maximum absolute atomic E-state index is 11.3. The van der Waals surface area contributed by atoms with Crippen LogP contribution in [0.15, 0.2) is 18.3 Å². The Bertz CT molecular complexity index is 394. The molecule has 1 aliphatic heterocycles. The quantitative estimate of drug-likeness (QED) is 0.757. The molecule has 2 rings (SSSR count). The smallest absolute Gasteiger partial charge is 0.317 e. The molecule has 1 fully saturated rings. The summed E-state index contributed by atoms with van der Waals surface area (Å²) in [6.45, 7) is 3.31. The number of aromatic nitrogens is 1. The first kappa shape index (κ1) is 12.6. The number of carbonyl (C=O) groups excluding carboxylic acids is 1. The van der Waals surface area contributed by atoms with Crippen LogP contribution in [0.4, 0.5) is 4.79 Å². The van der Waals surface area contributed by atoms with Gasteiger partial charge in [-0.1, -0.05) is 0 Å². The number of ether oxygens (including phenoxy) is 1. The van der Waals surface area contributed by atoms with Crippen molar-refractivity contribution in [2.45, 2.75) is 6.54 Å². The maximum atomic E-state index is 11.3. The highest BCUT2D eigenvalue weighted by atomic mass is 16.5. The van der Waals surface area contributed by atoms with Gasteiger partial charge in [-0.05, 0) is 19.2 Å². The van der Waals surface area contributed by atoms with E-state index in [0.29, 0.717) is 13.2 Å². The molecular weight excluding hydrogens is 232 g/mol. The number of nitrogens with zero attached hydrogens (tertiary/aromatic N) is 2. The van der Waals surface area contributed by atoms with Crippen LogP contribution in [0.25, 0.3) is 0 Å². The molecule has 1 aliphatic rings. The number of amides is 2. The Morgan fingerprint density at radius 2 is 2.44 bits per heavy atom. The van der Waals surface area contributed by atoms with Crippen LogP contribution < -0.4 is 15.4 Å². The summed E-state index contributed by atoms with van der Waals surface area (Å²) in [5.41, 5.74) is 0.976. The number of carbonyl (C=O) groups is 1. The molecule has 2 N–H and O–H groups in total. The highest BCUT2D eigenvalue weighted by molar-refractivity contribution is 5.76. The number of hydrogen-bond acceptors (Lipinski definition) is 4. The van der Waals surface area contributed by atoms with Crippen molar-refractivity contribution in [1.82, 2.24) is 20.5 Å². The molecule has 1 saturated heterocycles. The van der Waals surface area contributed by atoms with Gasteiger partial charge in [0.2, 0.25) is 0 Å². The molecule has 0 atom stereocenters. The first-order chi connectivity index (χ1) is 8.79. The van der Waals surface area contributed by atoms with Gasteiger partial charge in [0.25, 0.3) is 0 Å². The average molecular weight is 250 g/mol. The minimum atomic E-state index is -0.0129. The summed E-state index contributed by atoms with van der Waals surface area (Å²) < 4.78 is 5.54. The zero-order valence-electron chi connectivity index (χ0n) is 10.5. The van der Waals surface area contributed by atoms with E-state index in [0.717, 1.165) is 31.1 Å². The largest absolute Gasteiger partial charge is 0.490 e. The summed E-state index contributed by atoms with van der Waals surface area (Å²) >= 11 is 0. The van der Waals surface area contributed by atoms with Gasteiger partial charge in [-0.3, -0.25) is 4.98 Å². The Morgan fingerprint density at radius 3 is 3.06 bits per heavy atom. The summed E-state index contributed by atoms with van der Waals surface area (Å²) in [6, 6.07) is 3.80. The van der Waals surface area contributed by atoms with E-state index in [2.05, 4.69) is 15.6 Å². The Morgan fingerprint density at radius 1 is 1.56 bits per heavy atom. The summed E-state index contributed by atoms with van der Waals surface area (Å²) in [5.74, 6) is 0.731. The van der Waals surface area contributed by atoms with Crippen LogP contribution in [0.5, 0.6) is 5.75 Å². The van der Waals surface area contributed by atoms with Crippen LogP contribution in [0, 0.1) is 0 Å². The first-order valence-corrected chi connectivity index (χ1v) is 6.04. The third-order valence-electron chi connectivity index (χ3n) is 2.73. The summed E-state index contributed by atoms with van der Waals surface area (Å²) in [5, 5.41) is 5.79. The predicted molar refractivity (Wildman–Crippen MR) is 67.5 cm³/mol. The van der Waals surface area contributed by atoms with Gasteiger partial charge >= 0.3 is 6.03 Å². The van der Waals surface area contributed by atoms with Crippen molar-refractivity contribution in [3.63, 3.8) is 0 Å². The molecule has 0 aromatic carbocycles. The van der Waals surface area contributed by atoms with Crippen LogP contribution in [-0.4, -0.2) is 49.2 Å². The van der Waals surface area contributed by atoms with Gasteiger partial charge in [-0.2, -0.15) is 0 Å². The van der Waals surface area contributed by atoms with Crippen LogP contribution in [-0.2, 0) is 6.54 Å². The van der Waals surface area contributed by atoms with Crippen LogP contribution in [0.1, 0.15) is 5.69 Å². The summed E-state index contributed by atoms with van der Waals surface area (Å²) in [6.07, 6.45) is 1.71. The lowest BCUT2D eigenvalue weighted by Crippen LogP contribution is -2.31. The third kappa shape index (κ3) is 3.33. The lowest BCUT2D eigenvalue weighted by molar-refractivity contribution is 0.202. The zero-order valence-corrected chi connectivity index (χ0v) is 10.5. The molecule has 98 valence electrons. The van der Waals surface area contributed by atoms with Gasteiger partial charge in [-0.25, -0.2) is 4.79 Å². The number of rotatable bonds is 6. The molecule has 2 heterocycles. The van der Waals surface area contributed by atoms with E-state index in [1.165, 1.54) is 0 Å². The Kier molecular flexibility index (Phi) is 4.35. The molecule has 1 aromatic rings. The van der Waals surface area contributed by atoms with Crippen molar-refractivity contribution < 1.29 is 9.53 Å². The number of hydrogen-bond donors (Lipinski definition) is 2. The summed E-state index contributed by atoms with van der Waals surface area (Å²) in [4.78, 5) is 17.3. The van der Waals surface area contributed by atoms with E-state index < -0.39 is 0 Å². The monoisotopic (exact) mass is 250 g/mol. The highest BCUT2D eigenvalue weighted by Crippen LogP contribution is 2.09. The van der Waals surface area contributed by atoms with Crippen LogP contribution in [0.3, 0.4) is 0 Å². The minimum absolute atomic E-state index is 0.0129. The number of pyridine rings is 1. The third-order valence-corrected chi connectivity index (χ3v) is 2.73. The standard InChI is InChI=1S/C12H18N4O2/c1-13-8-10-2-3-11(9-15-10)18-7-6-16-5-4-14-12(16)17/h2-3,9,13H,4-8H2,1H3,(H,14,17). The van der Waals surface area contributed by atoms with E-state index in [-0.39, 0.29) is 6.03 Å². The number of urea groups is 1. The Labute approximate surface area is 106 Å².